The van der Waals surface area contributed by atoms with Gasteiger partial charge in [-0.1, -0.05) is 41.5 Å². The average molecular weight is 423 g/mol. The topological polar surface area (TPSA) is 53.4 Å². The predicted octanol–water partition coefficient (Wildman–Crippen LogP) is 6.32. The van der Waals surface area contributed by atoms with Crippen LogP contribution in [0.2, 0.25) is 0 Å². The van der Waals surface area contributed by atoms with Crippen molar-refractivity contribution in [2.45, 2.75) is 90.1 Å². The van der Waals surface area contributed by atoms with E-state index in [-0.39, 0.29) is 6.09 Å². The monoisotopic (exact) mass is 422 g/mol. The van der Waals surface area contributed by atoms with Crippen LogP contribution >= 0.6 is 10.3 Å². The highest BCUT2D eigenvalue weighted by Crippen LogP contribution is 2.61. The highest BCUT2D eigenvalue weighted by atomic mass is 32.3. The Morgan fingerprint density at radius 1 is 1.10 bits per heavy atom. The highest BCUT2D eigenvalue weighted by Gasteiger charge is 2.35. The lowest BCUT2D eigenvalue weighted by Crippen LogP contribution is -2.31. The molecule has 0 bridgehead atoms. The fraction of sp³-hybridized carbons (Fsp3) is 0.652. The zero-order chi connectivity index (χ0) is 22.0. The van der Waals surface area contributed by atoms with E-state index in [1.54, 1.807) is 17.0 Å². The Morgan fingerprint density at radius 2 is 1.69 bits per heavy atom. The number of carbonyl (C=O) groups excluding carboxylic acids is 1. The summed E-state index contributed by atoms with van der Waals surface area (Å²) in [4.78, 5) is 16.9. The summed E-state index contributed by atoms with van der Waals surface area (Å²) >= 11 is 0. The molecule has 0 amide bonds. The van der Waals surface area contributed by atoms with E-state index in [4.69, 9.17) is 8.92 Å². The second-order valence-electron chi connectivity index (χ2n) is 9.31. The van der Waals surface area contributed by atoms with Crippen LogP contribution in [0.5, 0.6) is 0 Å². The smallest absolute Gasteiger partial charge is 0.419 e. The zero-order valence-corrected chi connectivity index (χ0v) is 20.3. The van der Waals surface area contributed by atoms with Crippen LogP contribution in [0.1, 0.15) is 67.9 Å². The minimum atomic E-state index is -1.21. The third-order valence-corrected chi connectivity index (χ3v) is 10.1. The summed E-state index contributed by atoms with van der Waals surface area (Å²) in [5.74, 6) is 0. The number of carbonyl (C=O) groups is 1. The molecule has 0 radical (unpaired) electrons. The van der Waals surface area contributed by atoms with Crippen LogP contribution in [0.3, 0.4) is 0 Å². The normalized spacial score (nSPS) is 13.7. The van der Waals surface area contributed by atoms with Crippen molar-refractivity contribution in [3.63, 3.8) is 0 Å². The summed E-state index contributed by atoms with van der Waals surface area (Å²) < 4.78 is 13.8. The minimum Gasteiger partial charge on any atom is -0.443 e. The third-order valence-electron chi connectivity index (χ3n) is 5.15. The van der Waals surface area contributed by atoms with Crippen molar-refractivity contribution in [2.24, 2.45) is 0 Å². The van der Waals surface area contributed by atoms with Crippen molar-refractivity contribution in [3.8, 4) is 0 Å². The van der Waals surface area contributed by atoms with Gasteiger partial charge in [-0.15, -0.1) is 10.3 Å². The number of nitrogens with zero attached hydrogens (tertiary/aromatic N) is 2. The number of ether oxygens (including phenoxy) is 1. The van der Waals surface area contributed by atoms with Gasteiger partial charge in [0.15, 0.2) is 0 Å². The Kier molecular flexibility index (Phi) is 7.44. The summed E-state index contributed by atoms with van der Waals surface area (Å²) in [7, 11) is -1.21. The molecule has 0 aliphatic heterocycles. The van der Waals surface area contributed by atoms with Gasteiger partial charge in [-0.2, -0.15) is 0 Å². The maximum absolute atomic E-state index is 12.7. The molecule has 0 saturated heterocycles. The average Bonchev–Trinajstić information content (AvgIpc) is 2.95. The van der Waals surface area contributed by atoms with Gasteiger partial charge in [0.2, 0.25) is 0 Å². The van der Waals surface area contributed by atoms with Gasteiger partial charge in [0, 0.05) is 33.5 Å². The molecule has 2 aromatic heterocycles. The standard InChI is InChI=1S/C23H38N2O3S/c1-16(2)29(17(3)4,18(5)6)27-13-11-19-15-25(22(26)28-23(7,8)9)21-14-24-12-10-20(19)21/h10,12,14-18H,11,13H2,1-9H3. The van der Waals surface area contributed by atoms with Crippen molar-refractivity contribution in [1.82, 2.24) is 9.55 Å². The maximum atomic E-state index is 12.7. The van der Waals surface area contributed by atoms with E-state index in [2.05, 4.69) is 46.5 Å². The molecule has 0 spiro atoms. The quantitative estimate of drug-likeness (QED) is 0.523. The van der Waals surface area contributed by atoms with Gasteiger partial charge in [-0.3, -0.25) is 9.55 Å². The van der Waals surface area contributed by atoms with Gasteiger partial charge in [0.05, 0.1) is 18.3 Å². The van der Waals surface area contributed by atoms with Crippen LogP contribution in [-0.4, -0.2) is 43.6 Å². The number of pyridine rings is 1. The number of rotatable bonds is 7. The Hall–Kier alpha value is -1.53. The molecule has 0 fully saturated rings. The van der Waals surface area contributed by atoms with Crippen LogP contribution in [0, 0.1) is 0 Å². The van der Waals surface area contributed by atoms with E-state index in [9.17, 15) is 4.79 Å². The SMILES string of the molecule is CC(C)S(OCCc1cn(C(=O)OC(C)(C)C)c2cnccc12)(C(C)C)C(C)C. The molecule has 0 unspecified atom stereocenters. The van der Waals surface area contributed by atoms with Gasteiger partial charge in [0.25, 0.3) is 0 Å². The number of aromatic nitrogens is 2. The minimum absolute atomic E-state index is 0.380. The second-order valence-corrected chi connectivity index (χ2v) is 13.8. The van der Waals surface area contributed by atoms with Crippen molar-refractivity contribution in [2.75, 3.05) is 6.61 Å². The third kappa shape index (κ3) is 5.15. The summed E-state index contributed by atoms with van der Waals surface area (Å²) in [6.07, 6.45) is 5.72. The number of fused-ring (bicyclic) bond motifs is 1. The van der Waals surface area contributed by atoms with Gasteiger partial charge >= 0.3 is 6.09 Å². The van der Waals surface area contributed by atoms with E-state index >= 15 is 0 Å². The van der Waals surface area contributed by atoms with E-state index < -0.39 is 15.9 Å². The lowest BCUT2D eigenvalue weighted by Gasteiger charge is -2.50. The van der Waals surface area contributed by atoms with Crippen LogP contribution in [0.4, 0.5) is 4.79 Å². The Morgan fingerprint density at radius 3 is 2.21 bits per heavy atom. The molecular weight excluding hydrogens is 384 g/mol. The van der Waals surface area contributed by atoms with E-state index in [0.717, 1.165) is 22.9 Å². The van der Waals surface area contributed by atoms with Gasteiger partial charge in [-0.05, 0) is 38.8 Å². The maximum Gasteiger partial charge on any atom is 0.419 e. The summed E-state index contributed by atoms with van der Waals surface area (Å²) in [5.41, 5.74) is 1.30. The van der Waals surface area contributed by atoms with E-state index in [1.807, 2.05) is 33.0 Å². The van der Waals surface area contributed by atoms with Crippen LogP contribution in [0.25, 0.3) is 10.9 Å². The lowest BCUT2D eigenvalue weighted by atomic mass is 10.1. The molecule has 5 nitrogen and oxygen atoms in total. The first-order valence-electron chi connectivity index (χ1n) is 10.5. The summed E-state index contributed by atoms with van der Waals surface area (Å²) in [6.45, 7) is 19.9. The van der Waals surface area contributed by atoms with Crippen molar-refractivity contribution in [3.05, 3.63) is 30.2 Å². The first kappa shape index (κ1) is 23.7. The molecular formula is C23H38N2O3S. The highest BCUT2D eigenvalue weighted by molar-refractivity contribution is 8.31. The molecule has 0 aliphatic carbocycles. The Bertz CT molecular complexity index is 812. The molecule has 0 aliphatic rings. The van der Waals surface area contributed by atoms with Gasteiger partial charge in [0.1, 0.15) is 5.60 Å². The first-order chi connectivity index (χ1) is 13.4. The molecule has 2 heterocycles. The molecule has 2 aromatic rings. The van der Waals surface area contributed by atoms with Gasteiger partial charge in [-0.25, -0.2) is 4.79 Å². The zero-order valence-electron chi connectivity index (χ0n) is 19.5. The molecule has 164 valence electrons. The van der Waals surface area contributed by atoms with Crippen LogP contribution in [-0.2, 0) is 15.3 Å². The summed E-state index contributed by atoms with van der Waals surface area (Å²) in [5, 5.41) is 2.51. The lowest BCUT2D eigenvalue weighted by molar-refractivity contribution is 0.0544. The van der Waals surface area contributed by atoms with Crippen molar-refractivity contribution < 1.29 is 13.7 Å². The Labute approximate surface area is 177 Å². The summed E-state index contributed by atoms with van der Waals surface area (Å²) in [6, 6.07) is 1.96. The fourth-order valence-corrected chi connectivity index (χ4v) is 8.60. The number of hydrogen-bond acceptors (Lipinski definition) is 4. The van der Waals surface area contributed by atoms with E-state index in [0.29, 0.717) is 22.4 Å². The van der Waals surface area contributed by atoms with Gasteiger partial charge < -0.3 is 8.92 Å². The molecule has 0 atom stereocenters. The predicted molar refractivity (Wildman–Crippen MR) is 124 cm³/mol. The molecule has 0 N–H and O–H groups in total. The molecule has 0 aromatic carbocycles. The van der Waals surface area contributed by atoms with Crippen LogP contribution in [0.15, 0.2) is 24.7 Å². The number of hydrogen-bond donors (Lipinski definition) is 0. The molecule has 2 rings (SSSR count). The van der Waals surface area contributed by atoms with Crippen molar-refractivity contribution >= 4 is 27.3 Å². The molecule has 29 heavy (non-hydrogen) atoms. The first-order valence-corrected chi connectivity index (χ1v) is 12.3. The molecule has 0 saturated carbocycles. The largest absolute Gasteiger partial charge is 0.443 e. The fourth-order valence-electron chi connectivity index (χ4n) is 4.14. The molecule has 6 heteroatoms. The Balaban J connectivity index is 2.28. The van der Waals surface area contributed by atoms with Crippen molar-refractivity contribution in [1.29, 1.82) is 0 Å². The second kappa shape index (κ2) is 9.09. The van der Waals surface area contributed by atoms with Crippen LogP contribution < -0.4 is 0 Å². The van der Waals surface area contributed by atoms with E-state index in [1.165, 1.54) is 0 Å².